The zero-order valence-corrected chi connectivity index (χ0v) is 26.6. The van der Waals surface area contributed by atoms with Crippen LogP contribution < -0.4 is 21.3 Å². The lowest BCUT2D eigenvalue weighted by Crippen LogP contribution is -2.62. The van der Waals surface area contributed by atoms with Crippen LogP contribution in [0.2, 0.25) is 0 Å². The van der Waals surface area contributed by atoms with Crippen LogP contribution in [0.25, 0.3) is 0 Å². The fourth-order valence-corrected chi connectivity index (χ4v) is 5.96. The van der Waals surface area contributed by atoms with E-state index in [-0.39, 0.29) is 41.3 Å². The van der Waals surface area contributed by atoms with Crippen molar-refractivity contribution < 1.29 is 28.8 Å². The van der Waals surface area contributed by atoms with Crippen LogP contribution in [0.5, 0.6) is 0 Å². The first-order valence-corrected chi connectivity index (χ1v) is 14.8. The molecule has 232 valence electrons. The number of carbonyl (C=O) groups excluding carboxylic acids is 6. The molecule has 4 N–H and O–H groups in total. The molecule has 0 bridgehead atoms. The number of Topliss-reactive ketones (excluding diaryl/α,β-unsaturated/α-hetero) is 2. The van der Waals surface area contributed by atoms with E-state index >= 15 is 0 Å². The third kappa shape index (κ3) is 7.46. The van der Waals surface area contributed by atoms with Crippen molar-refractivity contribution in [3.8, 4) is 0 Å². The monoisotopic (exact) mass is 577 g/mol. The lowest BCUT2D eigenvalue weighted by Gasteiger charge is -2.38. The quantitative estimate of drug-likeness (QED) is 0.260. The van der Waals surface area contributed by atoms with E-state index < -0.39 is 59.1 Å². The maximum absolute atomic E-state index is 14.1. The summed E-state index contributed by atoms with van der Waals surface area (Å²) in [4.78, 5) is 79.8. The Labute approximate surface area is 244 Å². The molecule has 2 fully saturated rings. The van der Waals surface area contributed by atoms with E-state index in [0.717, 1.165) is 0 Å². The first kappa shape index (κ1) is 34.2. The molecule has 0 spiro atoms. The molecule has 5 amide bonds. The van der Waals surface area contributed by atoms with Gasteiger partial charge in [-0.05, 0) is 35.0 Å². The van der Waals surface area contributed by atoms with Gasteiger partial charge in [0, 0.05) is 19.5 Å². The molecule has 1 saturated heterocycles. The molecular weight excluding hydrogens is 526 g/mol. The van der Waals surface area contributed by atoms with Gasteiger partial charge < -0.3 is 26.2 Å². The number of carbonyl (C=O) groups is 6. The molecule has 2 aliphatic rings. The van der Waals surface area contributed by atoms with Gasteiger partial charge in [0.2, 0.25) is 17.6 Å². The number of ketones is 2. The Bertz CT molecular complexity index is 1050. The van der Waals surface area contributed by atoms with Crippen LogP contribution in [0.4, 0.5) is 4.79 Å². The number of amides is 5. The minimum Gasteiger partial charge on any atom is -0.353 e. The Hall–Kier alpha value is -2.98. The highest BCUT2D eigenvalue weighted by Gasteiger charge is 2.69. The molecular formula is C30H51N5O6. The Morgan fingerprint density at radius 1 is 0.951 bits per heavy atom. The van der Waals surface area contributed by atoms with Gasteiger partial charge in [0.25, 0.3) is 5.91 Å². The third-order valence-corrected chi connectivity index (χ3v) is 8.64. The minimum atomic E-state index is -1.00. The summed E-state index contributed by atoms with van der Waals surface area (Å²) >= 11 is 0. The number of fused-ring (bicyclic) bond motifs is 1. The summed E-state index contributed by atoms with van der Waals surface area (Å²) in [6, 6.07) is -4.17. The van der Waals surface area contributed by atoms with Crippen molar-refractivity contribution in [3.63, 3.8) is 0 Å². The molecule has 41 heavy (non-hydrogen) atoms. The summed E-state index contributed by atoms with van der Waals surface area (Å²) in [5.41, 5.74) is -0.888. The average Bonchev–Trinajstić information content (AvgIpc) is 3.20. The molecule has 1 heterocycles. The predicted molar refractivity (Wildman–Crippen MR) is 156 cm³/mol. The fraction of sp³-hybridized carbons (Fsp3) is 0.800. The molecule has 11 nitrogen and oxygen atoms in total. The Kier molecular flexibility index (Phi) is 10.8. The van der Waals surface area contributed by atoms with E-state index in [1.807, 2.05) is 55.4 Å². The van der Waals surface area contributed by atoms with Gasteiger partial charge in [0.15, 0.2) is 5.78 Å². The largest absolute Gasteiger partial charge is 0.353 e. The number of rotatable bonds is 12. The molecule has 1 saturated carbocycles. The van der Waals surface area contributed by atoms with Gasteiger partial charge in [0.1, 0.15) is 12.1 Å². The SMILES string of the molecule is CCCC(NC(=O)[C@@H]1[C@@H]2[C@H](CN1C(=O)[C@@H](NC(=O)N[C@H](C(=O)C(C)C)C(C)C)C(C)(C)C)C2(C)C)C(=O)C(=O)NC. The van der Waals surface area contributed by atoms with Crippen LogP contribution in [-0.4, -0.2) is 78.0 Å². The van der Waals surface area contributed by atoms with E-state index in [4.69, 9.17) is 0 Å². The number of likely N-dealkylation sites (N-methyl/N-ethyl adjacent to an activating group) is 1. The summed E-state index contributed by atoms with van der Waals surface area (Å²) in [6.45, 7) is 19.0. The molecule has 6 atom stereocenters. The van der Waals surface area contributed by atoms with Crippen molar-refractivity contribution in [2.24, 2.45) is 34.5 Å². The van der Waals surface area contributed by atoms with Crippen LogP contribution in [0, 0.1) is 34.5 Å². The minimum absolute atomic E-state index is 0.0879. The van der Waals surface area contributed by atoms with Crippen LogP contribution in [-0.2, 0) is 24.0 Å². The molecule has 11 heteroatoms. The highest BCUT2D eigenvalue weighted by molar-refractivity contribution is 6.38. The summed E-state index contributed by atoms with van der Waals surface area (Å²) < 4.78 is 0. The van der Waals surface area contributed by atoms with Crippen LogP contribution in [0.3, 0.4) is 0 Å². The zero-order valence-electron chi connectivity index (χ0n) is 26.6. The second-order valence-electron chi connectivity index (χ2n) is 13.9. The van der Waals surface area contributed by atoms with Crippen LogP contribution in [0.1, 0.15) is 82.1 Å². The van der Waals surface area contributed by atoms with E-state index in [0.29, 0.717) is 13.0 Å². The van der Waals surface area contributed by atoms with Crippen molar-refractivity contribution in [1.29, 1.82) is 0 Å². The van der Waals surface area contributed by atoms with Crippen LogP contribution in [0.15, 0.2) is 0 Å². The first-order chi connectivity index (χ1) is 18.8. The number of nitrogens with zero attached hydrogens (tertiary/aromatic N) is 1. The molecule has 0 radical (unpaired) electrons. The molecule has 0 aromatic rings. The maximum atomic E-state index is 14.1. The normalized spacial score (nSPS) is 23.2. The van der Waals surface area contributed by atoms with E-state index in [2.05, 4.69) is 21.3 Å². The van der Waals surface area contributed by atoms with Gasteiger partial charge in [-0.1, -0.05) is 75.7 Å². The van der Waals surface area contributed by atoms with E-state index in [1.54, 1.807) is 13.8 Å². The van der Waals surface area contributed by atoms with Gasteiger partial charge in [-0.25, -0.2) is 4.79 Å². The lowest BCUT2D eigenvalue weighted by molar-refractivity contribution is -0.145. The number of likely N-dealkylation sites (tertiary alicyclic amines) is 1. The number of nitrogens with one attached hydrogen (secondary N) is 4. The zero-order chi connectivity index (χ0) is 31.6. The van der Waals surface area contributed by atoms with Gasteiger partial charge in [-0.2, -0.15) is 0 Å². The highest BCUT2D eigenvalue weighted by Crippen LogP contribution is 2.65. The molecule has 1 aliphatic carbocycles. The first-order valence-electron chi connectivity index (χ1n) is 14.8. The predicted octanol–water partition coefficient (Wildman–Crippen LogP) is 2.03. The Balaban J connectivity index is 2.32. The maximum Gasteiger partial charge on any atom is 0.316 e. The number of piperidine rings is 1. The third-order valence-electron chi connectivity index (χ3n) is 8.64. The Morgan fingerprint density at radius 2 is 1.54 bits per heavy atom. The smallest absolute Gasteiger partial charge is 0.316 e. The summed E-state index contributed by atoms with van der Waals surface area (Å²) in [6.07, 6.45) is 0.856. The van der Waals surface area contributed by atoms with Crippen molar-refractivity contribution in [2.75, 3.05) is 13.6 Å². The average molecular weight is 578 g/mol. The number of hydrogen-bond acceptors (Lipinski definition) is 6. The van der Waals surface area contributed by atoms with Crippen molar-refractivity contribution in [3.05, 3.63) is 0 Å². The summed E-state index contributed by atoms with van der Waals surface area (Å²) in [7, 11) is 1.36. The molecule has 1 unspecified atom stereocenters. The standard InChI is InChI=1S/C30H51N5O6/c1-12-13-18(23(37)26(39)31-11)32-25(38)21-19-17(30(19,9)10)14-35(21)27(40)24(29(6,7)8)34-28(41)33-20(15(2)3)22(36)16(4)5/h15-21,24H,12-14H2,1-11H3,(H,31,39)(H,32,38)(H2,33,34,41)/t17-,18?,19-,20-,21-,24+/m0/s1. The fourth-order valence-electron chi connectivity index (χ4n) is 5.96. The lowest BCUT2D eigenvalue weighted by atomic mass is 9.85. The van der Waals surface area contributed by atoms with Gasteiger partial charge >= 0.3 is 6.03 Å². The molecule has 0 aromatic carbocycles. The van der Waals surface area contributed by atoms with Crippen molar-refractivity contribution in [1.82, 2.24) is 26.2 Å². The number of hydrogen-bond donors (Lipinski definition) is 4. The van der Waals surface area contributed by atoms with Gasteiger partial charge in [0.05, 0.1) is 12.1 Å². The van der Waals surface area contributed by atoms with E-state index in [1.165, 1.54) is 11.9 Å². The molecule has 0 aromatic heterocycles. The second kappa shape index (κ2) is 12.9. The topological polar surface area (TPSA) is 154 Å². The summed E-state index contributed by atoms with van der Waals surface area (Å²) in [5.74, 6) is -2.94. The highest BCUT2D eigenvalue weighted by atomic mass is 16.2. The molecule has 1 aliphatic heterocycles. The second-order valence-corrected chi connectivity index (χ2v) is 13.9. The van der Waals surface area contributed by atoms with Crippen LogP contribution >= 0.6 is 0 Å². The van der Waals surface area contributed by atoms with Crippen molar-refractivity contribution >= 4 is 35.3 Å². The van der Waals surface area contributed by atoms with E-state index in [9.17, 15) is 28.8 Å². The summed E-state index contributed by atoms with van der Waals surface area (Å²) in [5, 5.41) is 10.6. The number of urea groups is 1. The Morgan fingerprint density at radius 3 is 2.00 bits per heavy atom. The van der Waals surface area contributed by atoms with Gasteiger partial charge in [-0.3, -0.25) is 24.0 Å². The van der Waals surface area contributed by atoms with Gasteiger partial charge in [-0.15, -0.1) is 0 Å². The van der Waals surface area contributed by atoms with Crippen molar-refractivity contribution in [2.45, 2.75) is 106 Å². The molecule has 2 rings (SSSR count).